The van der Waals surface area contributed by atoms with Crippen LogP contribution in [-0.4, -0.2) is 77.3 Å². The number of ether oxygens (including phenoxy) is 4. The van der Waals surface area contributed by atoms with Gasteiger partial charge in [-0.25, -0.2) is 0 Å². The first-order chi connectivity index (χ1) is 18.4. The van der Waals surface area contributed by atoms with Crippen LogP contribution in [0, 0.1) is 0 Å². The highest BCUT2D eigenvalue weighted by Gasteiger charge is 2.29. The minimum Gasteiger partial charge on any atom is -0.493 e. The van der Waals surface area contributed by atoms with Crippen LogP contribution < -0.4 is 24.3 Å². The molecular weight excluding hydrogens is 490 g/mol. The van der Waals surface area contributed by atoms with Crippen LogP contribution in [0.5, 0.6) is 23.0 Å². The van der Waals surface area contributed by atoms with Gasteiger partial charge in [-0.05, 0) is 98.0 Å². The molecule has 11 heteroatoms. The zero-order chi connectivity index (χ0) is 27.5. The summed E-state index contributed by atoms with van der Waals surface area (Å²) in [7, 11) is 6.95. The van der Waals surface area contributed by atoms with Crippen molar-refractivity contribution in [1.82, 2.24) is 10.2 Å². The smallest absolute Gasteiger partial charge is 0.307 e. The number of carboxylic acids is 1. The van der Waals surface area contributed by atoms with Gasteiger partial charge < -0.3 is 34.3 Å². The predicted molar refractivity (Wildman–Crippen MR) is 144 cm³/mol. The molecule has 206 valence electrons. The lowest BCUT2D eigenvalue weighted by Crippen LogP contribution is -2.32. The van der Waals surface area contributed by atoms with Crippen molar-refractivity contribution in [3.05, 3.63) is 57.0 Å². The molecule has 1 aliphatic rings. The Hall–Kier alpha value is -3.66. The molecule has 0 spiro atoms. The number of nitrogens with one attached hydrogen (secondary N) is 1. The number of hydrogen-bond acceptors (Lipinski definition) is 8. The van der Waals surface area contributed by atoms with Crippen LogP contribution in [0.25, 0.3) is 10.4 Å². The third-order valence-electron chi connectivity index (χ3n) is 6.72. The Kier molecular flexibility index (Phi) is 10.9. The van der Waals surface area contributed by atoms with E-state index in [4.69, 9.17) is 24.5 Å². The van der Waals surface area contributed by atoms with Crippen LogP contribution >= 0.6 is 0 Å². The molecule has 0 saturated heterocycles. The molecule has 1 aliphatic carbocycles. The molecule has 0 saturated carbocycles. The van der Waals surface area contributed by atoms with Crippen molar-refractivity contribution < 1.29 is 28.8 Å². The van der Waals surface area contributed by atoms with Crippen molar-refractivity contribution in [3.8, 4) is 23.0 Å². The summed E-state index contributed by atoms with van der Waals surface area (Å²) in [4.78, 5) is 16.4. The van der Waals surface area contributed by atoms with Crippen molar-refractivity contribution >= 4 is 5.97 Å². The zero-order valence-electron chi connectivity index (χ0n) is 22.5. The topological polar surface area (TPSA) is 138 Å². The molecule has 11 nitrogen and oxygen atoms in total. The number of hydrogen-bond donors (Lipinski definition) is 2. The number of aliphatic carboxylic acids is 1. The fourth-order valence-corrected chi connectivity index (χ4v) is 4.79. The molecule has 2 aromatic rings. The average molecular weight is 528 g/mol. The van der Waals surface area contributed by atoms with Gasteiger partial charge in [0.2, 0.25) is 0 Å². The summed E-state index contributed by atoms with van der Waals surface area (Å²) in [5, 5.41) is 16.2. The first-order valence-corrected chi connectivity index (χ1v) is 12.6. The molecule has 0 radical (unpaired) electrons. The monoisotopic (exact) mass is 527 g/mol. The molecule has 0 aromatic heterocycles. The van der Waals surface area contributed by atoms with Crippen LogP contribution in [0.3, 0.4) is 0 Å². The van der Waals surface area contributed by atoms with E-state index in [1.807, 2.05) is 0 Å². The minimum absolute atomic E-state index is 0.115. The maximum absolute atomic E-state index is 11.4. The maximum Gasteiger partial charge on any atom is 0.307 e. The molecule has 2 aromatic carbocycles. The van der Waals surface area contributed by atoms with Gasteiger partial charge in [0.15, 0.2) is 29.7 Å². The Balaban J connectivity index is 1.45. The second kappa shape index (κ2) is 14.3. The van der Waals surface area contributed by atoms with Gasteiger partial charge in [-0.2, -0.15) is 0 Å². The first kappa shape index (κ1) is 28.9. The number of likely N-dealkylation sites (N-methyl/N-ethyl adjacent to an activating group) is 1. The lowest BCUT2D eigenvalue weighted by atomic mass is 9.77. The molecule has 1 atom stereocenters. The fraction of sp³-hybridized carbons (Fsp3) is 0.519. The highest BCUT2D eigenvalue weighted by molar-refractivity contribution is 5.71. The Labute approximate surface area is 223 Å². The Morgan fingerprint density at radius 2 is 1.76 bits per heavy atom. The van der Waals surface area contributed by atoms with Gasteiger partial charge in [0.05, 0.1) is 27.8 Å². The average Bonchev–Trinajstić information content (AvgIpc) is 2.89. The molecule has 0 fully saturated rings. The van der Waals surface area contributed by atoms with Crippen LogP contribution in [0.1, 0.15) is 34.6 Å². The zero-order valence-corrected chi connectivity index (χ0v) is 22.5. The summed E-state index contributed by atoms with van der Waals surface area (Å²) in [6.07, 6.45) is 2.56. The third-order valence-corrected chi connectivity index (χ3v) is 6.72. The predicted octanol–water partition coefficient (Wildman–Crippen LogP) is 3.78. The summed E-state index contributed by atoms with van der Waals surface area (Å²) >= 11 is 0. The van der Waals surface area contributed by atoms with Gasteiger partial charge in [0, 0.05) is 17.4 Å². The number of nitrogens with zero attached hydrogens (tertiary/aromatic N) is 4. The van der Waals surface area contributed by atoms with Crippen LogP contribution in [-0.2, 0) is 24.1 Å². The van der Waals surface area contributed by atoms with Gasteiger partial charge in [-0.1, -0.05) is 5.11 Å². The summed E-state index contributed by atoms with van der Waals surface area (Å²) in [6.45, 7) is 3.32. The van der Waals surface area contributed by atoms with Gasteiger partial charge in [-0.15, -0.1) is 0 Å². The Morgan fingerprint density at radius 3 is 2.45 bits per heavy atom. The summed E-state index contributed by atoms with van der Waals surface area (Å²) in [6, 6.07) is 7.62. The van der Waals surface area contributed by atoms with Crippen molar-refractivity contribution in [2.24, 2.45) is 5.11 Å². The molecule has 0 bridgehead atoms. The van der Waals surface area contributed by atoms with Crippen molar-refractivity contribution in [1.29, 1.82) is 0 Å². The SMILES string of the molecule is COc1cc2c(cc1OC)[C@@H](CN(C)CCCNCCc1cc(OCN=[N+]=[N-])c(OC)cc1CC(=O)O)C2. The molecule has 0 unspecified atom stereocenters. The van der Waals surface area contributed by atoms with E-state index in [0.29, 0.717) is 35.9 Å². The molecule has 0 aliphatic heterocycles. The third kappa shape index (κ3) is 7.67. The highest BCUT2D eigenvalue weighted by Crippen LogP contribution is 2.42. The molecule has 3 rings (SSSR count). The first-order valence-electron chi connectivity index (χ1n) is 12.6. The second-order valence-corrected chi connectivity index (χ2v) is 9.27. The lowest BCUT2D eigenvalue weighted by molar-refractivity contribution is -0.136. The number of fused-ring (bicyclic) bond motifs is 1. The number of methoxy groups -OCH3 is 3. The standard InChI is InChI=1S/C27H37N5O6/c1-32(16-21-10-20-13-23(35-2)25(37-4)15-22(20)21)9-5-7-29-8-6-18-11-26(38-17-30-31-28)24(36-3)12-19(18)14-27(33)34/h11-13,15,21,29H,5-10,14,16-17H2,1-4H3,(H,33,34)/t21-/m1/s1. The van der Waals surface area contributed by atoms with E-state index in [1.165, 1.54) is 18.2 Å². The van der Waals surface area contributed by atoms with Gasteiger partial charge in [0.25, 0.3) is 0 Å². The molecular formula is C27H37N5O6. The summed E-state index contributed by atoms with van der Waals surface area (Å²) in [5.41, 5.74) is 12.7. The number of benzene rings is 2. The number of rotatable bonds is 17. The number of azide groups is 1. The Morgan fingerprint density at radius 1 is 1.08 bits per heavy atom. The van der Waals surface area contributed by atoms with Crippen LogP contribution in [0.15, 0.2) is 29.4 Å². The summed E-state index contributed by atoms with van der Waals surface area (Å²) < 4.78 is 21.7. The van der Waals surface area contributed by atoms with Crippen LogP contribution in [0.2, 0.25) is 0 Å². The molecule has 2 N–H and O–H groups in total. The highest BCUT2D eigenvalue weighted by atomic mass is 16.5. The van der Waals surface area contributed by atoms with Crippen molar-refractivity contribution in [2.75, 3.05) is 61.3 Å². The largest absolute Gasteiger partial charge is 0.493 e. The van der Waals surface area contributed by atoms with Crippen molar-refractivity contribution in [2.45, 2.75) is 31.6 Å². The minimum atomic E-state index is -0.918. The van der Waals surface area contributed by atoms with E-state index < -0.39 is 5.97 Å². The second-order valence-electron chi connectivity index (χ2n) is 9.27. The van der Waals surface area contributed by atoms with E-state index in [0.717, 1.165) is 49.5 Å². The molecule has 0 amide bonds. The van der Waals surface area contributed by atoms with Gasteiger partial charge in [-0.3, -0.25) is 4.79 Å². The number of carboxylic acid groups (broad SMARTS) is 1. The van der Waals surface area contributed by atoms with E-state index in [1.54, 1.807) is 26.4 Å². The number of carbonyl (C=O) groups is 1. The van der Waals surface area contributed by atoms with Gasteiger partial charge in [0.1, 0.15) is 0 Å². The van der Waals surface area contributed by atoms with E-state index in [-0.39, 0.29) is 13.2 Å². The Bertz CT molecular complexity index is 1150. The quantitative estimate of drug-likeness (QED) is 0.137. The maximum atomic E-state index is 11.4. The normalized spacial score (nSPS) is 13.8. The summed E-state index contributed by atoms with van der Waals surface area (Å²) in [5.74, 6) is 1.96. The van der Waals surface area contributed by atoms with E-state index in [9.17, 15) is 9.90 Å². The van der Waals surface area contributed by atoms with E-state index in [2.05, 4.69) is 39.4 Å². The molecule has 0 heterocycles. The van der Waals surface area contributed by atoms with Crippen LogP contribution in [0.4, 0.5) is 0 Å². The van der Waals surface area contributed by atoms with E-state index >= 15 is 0 Å². The lowest BCUT2D eigenvalue weighted by Gasteiger charge is -2.34. The van der Waals surface area contributed by atoms with Crippen molar-refractivity contribution in [3.63, 3.8) is 0 Å². The fourth-order valence-electron chi connectivity index (χ4n) is 4.79. The molecule has 38 heavy (non-hydrogen) atoms. The van der Waals surface area contributed by atoms with Gasteiger partial charge >= 0.3 is 5.97 Å².